The van der Waals surface area contributed by atoms with Crippen LogP contribution in [0.5, 0.6) is 0 Å². The van der Waals surface area contributed by atoms with Crippen molar-refractivity contribution in [1.82, 2.24) is 4.98 Å². The van der Waals surface area contributed by atoms with Crippen LogP contribution in [0, 0.1) is 0 Å². The zero-order chi connectivity index (χ0) is 9.38. The van der Waals surface area contributed by atoms with Gasteiger partial charge in [-0.1, -0.05) is 12.1 Å². The van der Waals surface area contributed by atoms with Gasteiger partial charge in [-0.05, 0) is 24.5 Å². The molecule has 1 aromatic heterocycles. The summed E-state index contributed by atoms with van der Waals surface area (Å²) < 4.78 is 0. The van der Waals surface area contributed by atoms with Gasteiger partial charge in [0, 0.05) is 35.4 Å². The Labute approximate surface area is 83.0 Å². The van der Waals surface area contributed by atoms with Crippen LogP contribution < -0.4 is 5.32 Å². The van der Waals surface area contributed by atoms with Crippen LogP contribution in [0.2, 0.25) is 0 Å². The van der Waals surface area contributed by atoms with E-state index in [4.69, 9.17) is 0 Å². The van der Waals surface area contributed by atoms with Crippen molar-refractivity contribution in [3.05, 3.63) is 36.2 Å². The molecule has 14 heavy (non-hydrogen) atoms. The lowest BCUT2D eigenvalue weighted by Crippen LogP contribution is -2.11. The molecule has 0 atom stereocenters. The van der Waals surface area contributed by atoms with E-state index in [1.807, 2.05) is 12.4 Å². The fourth-order valence-electron chi connectivity index (χ4n) is 2.12. The molecule has 2 aromatic rings. The van der Waals surface area contributed by atoms with E-state index in [0.29, 0.717) is 0 Å². The Hall–Kier alpha value is -1.57. The number of nitrogens with one attached hydrogen (secondary N) is 1. The van der Waals surface area contributed by atoms with Crippen molar-refractivity contribution in [2.45, 2.75) is 12.8 Å². The maximum Gasteiger partial charge on any atom is 0.0453 e. The highest BCUT2D eigenvalue weighted by Gasteiger charge is 2.10. The summed E-state index contributed by atoms with van der Waals surface area (Å²) in [5.74, 6) is 0. The summed E-state index contributed by atoms with van der Waals surface area (Å²) in [5, 5.41) is 6.00. The summed E-state index contributed by atoms with van der Waals surface area (Å²) in [6.45, 7) is 1.09. The van der Waals surface area contributed by atoms with Gasteiger partial charge in [-0.15, -0.1) is 0 Å². The molecule has 0 saturated carbocycles. The van der Waals surface area contributed by atoms with Crippen LogP contribution in [0.15, 0.2) is 30.6 Å². The van der Waals surface area contributed by atoms with Crippen molar-refractivity contribution in [2.75, 3.05) is 11.9 Å². The predicted octanol–water partition coefficient (Wildman–Crippen LogP) is 2.59. The van der Waals surface area contributed by atoms with E-state index in [1.165, 1.54) is 34.9 Å². The van der Waals surface area contributed by atoms with E-state index in [9.17, 15) is 0 Å². The van der Waals surface area contributed by atoms with Gasteiger partial charge in [0.15, 0.2) is 0 Å². The number of nitrogens with zero attached hydrogens (tertiary/aromatic N) is 1. The number of aromatic nitrogens is 1. The highest BCUT2D eigenvalue weighted by Crippen LogP contribution is 2.30. The number of anilines is 1. The first-order valence-electron chi connectivity index (χ1n) is 5.04. The van der Waals surface area contributed by atoms with Crippen LogP contribution in [0.3, 0.4) is 0 Å². The van der Waals surface area contributed by atoms with Gasteiger partial charge < -0.3 is 5.32 Å². The first-order valence-corrected chi connectivity index (χ1v) is 5.04. The molecule has 2 heteroatoms. The quantitative estimate of drug-likeness (QED) is 0.680. The minimum absolute atomic E-state index is 1.09. The second-order valence-corrected chi connectivity index (χ2v) is 3.73. The van der Waals surface area contributed by atoms with E-state index in [1.54, 1.807) is 0 Å². The molecule has 0 radical (unpaired) electrons. The zero-order valence-electron chi connectivity index (χ0n) is 7.96. The van der Waals surface area contributed by atoms with Gasteiger partial charge in [0.1, 0.15) is 0 Å². The van der Waals surface area contributed by atoms with Crippen molar-refractivity contribution in [3.63, 3.8) is 0 Å². The lowest BCUT2D eigenvalue weighted by Gasteiger charge is -2.19. The number of fused-ring (bicyclic) bond motifs is 3. The van der Waals surface area contributed by atoms with Crippen LogP contribution in [0.1, 0.15) is 12.0 Å². The largest absolute Gasteiger partial charge is 0.384 e. The summed E-state index contributed by atoms with van der Waals surface area (Å²) in [6.07, 6.45) is 6.22. The average Bonchev–Trinajstić information content (AvgIpc) is 2.29. The number of benzene rings is 1. The molecule has 1 N–H and O–H groups in total. The number of pyridine rings is 1. The summed E-state index contributed by atoms with van der Waals surface area (Å²) in [4.78, 5) is 4.13. The molecular formula is C12H12N2. The summed E-state index contributed by atoms with van der Waals surface area (Å²) >= 11 is 0. The van der Waals surface area contributed by atoms with Crippen LogP contribution in [-0.2, 0) is 6.42 Å². The van der Waals surface area contributed by atoms with Crippen LogP contribution in [0.4, 0.5) is 5.69 Å². The van der Waals surface area contributed by atoms with E-state index in [0.717, 1.165) is 6.54 Å². The van der Waals surface area contributed by atoms with Gasteiger partial charge in [0.05, 0.1) is 0 Å². The van der Waals surface area contributed by atoms with E-state index >= 15 is 0 Å². The molecule has 70 valence electrons. The molecule has 0 saturated heterocycles. The van der Waals surface area contributed by atoms with Gasteiger partial charge in [0.25, 0.3) is 0 Å². The van der Waals surface area contributed by atoms with Crippen LogP contribution >= 0.6 is 0 Å². The first kappa shape index (κ1) is 7.80. The van der Waals surface area contributed by atoms with Gasteiger partial charge >= 0.3 is 0 Å². The second kappa shape index (κ2) is 2.98. The van der Waals surface area contributed by atoms with E-state index in [2.05, 4.69) is 28.5 Å². The molecule has 2 nitrogen and oxygen atoms in total. The zero-order valence-corrected chi connectivity index (χ0v) is 7.96. The monoisotopic (exact) mass is 184 g/mol. The highest BCUT2D eigenvalue weighted by atomic mass is 14.9. The molecule has 0 aliphatic carbocycles. The Morgan fingerprint density at radius 3 is 3.21 bits per heavy atom. The summed E-state index contributed by atoms with van der Waals surface area (Å²) in [6, 6.07) is 6.46. The molecule has 2 heterocycles. The molecule has 0 spiro atoms. The van der Waals surface area contributed by atoms with Crippen molar-refractivity contribution in [3.8, 4) is 0 Å². The lowest BCUT2D eigenvalue weighted by molar-refractivity contribution is 0.833. The van der Waals surface area contributed by atoms with Gasteiger partial charge in [-0.25, -0.2) is 0 Å². The predicted molar refractivity (Wildman–Crippen MR) is 58.6 cm³/mol. The molecule has 3 rings (SSSR count). The Morgan fingerprint density at radius 1 is 1.21 bits per heavy atom. The minimum Gasteiger partial charge on any atom is -0.384 e. The Balaban J connectivity index is 2.34. The van der Waals surface area contributed by atoms with Crippen molar-refractivity contribution < 1.29 is 0 Å². The maximum atomic E-state index is 4.13. The normalized spacial score (nSPS) is 14.9. The van der Waals surface area contributed by atoms with E-state index in [-0.39, 0.29) is 0 Å². The molecule has 0 unspecified atom stereocenters. The maximum absolute atomic E-state index is 4.13. The topological polar surface area (TPSA) is 24.9 Å². The Morgan fingerprint density at radius 2 is 2.21 bits per heavy atom. The summed E-state index contributed by atoms with van der Waals surface area (Å²) in [5.41, 5.74) is 2.76. The Bertz CT molecular complexity index is 477. The Kier molecular flexibility index (Phi) is 1.66. The van der Waals surface area contributed by atoms with Gasteiger partial charge in [-0.2, -0.15) is 0 Å². The van der Waals surface area contributed by atoms with Crippen molar-refractivity contribution in [1.29, 1.82) is 0 Å². The molecular weight excluding hydrogens is 172 g/mol. The number of aryl methyl sites for hydroxylation is 1. The fourth-order valence-corrected chi connectivity index (χ4v) is 2.12. The van der Waals surface area contributed by atoms with Crippen molar-refractivity contribution >= 4 is 16.5 Å². The molecule has 0 amide bonds. The fraction of sp³-hybridized carbons (Fsp3) is 0.250. The van der Waals surface area contributed by atoms with Crippen LogP contribution in [-0.4, -0.2) is 11.5 Å². The van der Waals surface area contributed by atoms with Gasteiger partial charge in [-0.3, -0.25) is 4.98 Å². The third-order valence-electron chi connectivity index (χ3n) is 2.83. The lowest BCUT2D eigenvalue weighted by atomic mass is 9.99. The average molecular weight is 184 g/mol. The molecule has 1 aliphatic rings. The van der Waals surface area contributed by atoms with E-state index < -0.39 is 0 Å². The third kappa shape index (κ3) is 1.07. The first-order chi connectivity index (χ1) is 6.95. The minimum atomic E-state index is 1.09. The second-order valence-electron chi connectivity index (χ2n) is 3.73. The SMILES string of the molecule is c1cc2c3c(ccc2cn1)CCCN3. The molecule has 1 aliphatic heterocycles. The number of hydrogen-bond donors (Lipinski definition) is 1. The molecule has 0 fully saturated rings. The number of rotatable bonds is 0. The molecule has 1 aromatic carbocycles. The third-order valence-corrected chi connectivity index (χ3v) is 2.83. The van der Waals surface area contributed by atoms with Crippen molar-refractivity contribution in [2.24, 2.45) is 0 Å². The smallest absolute Gasteiger partial charge is 0.0453 e. The highest BCUT2D eigenvalue weighted by molar-refractivity contribution is 5.95. The van der Waals surface area contributed by atoms with Gasteiger partial charge in [0.2, 0.25) is 0 Å². The van der Waals surface area contributed by atoms with Crippen LogP contribution in [0.25, 0.3) is 10.8 Å². The standard InChI is InChI=1S/C12H12N2/c1-2-9-3-4-10-8-13-7-5-11(10)12(9)14-6-1/h3-5,7-8,14H,1-2,6H2. The number of hydrogen-bond acceptors (Lipinski definition) is 2. The molecule has 0 bridgehead atoms. The summed E-state index contributed by atoms with van der Waals surface area (Å²) in [7, 11) is 0.